The summed E-state index contributed by atoms with van der Waals surface area (Å²) < 4.78 is 1.77. The lowest BCUT2D eigenvalue weighted by molar-refractivity contribution is 0.894. The quantitative estimate of drug-likeness (QED) is 0.727. The molecule has 3 rings (SSSR count). The molecule has 0 aliphatic heterocycles. The zero-order chi connectivity index (χ0) is 14.3. The predicted molar refractivity (Wildman–Crippen MR) is 80.7 cm³/mol. The van der Waals surface area contributed by atoms with Crippen molar-refractivity contribution >= 4 is 28.5 Å². The van der Waals surface area contributed by atoms with Crippen molar-refractivity contribution in [3.63, 3.8) is 0 Å². The zero-order valence-electron chi connectivity index (χ0n) is 11.5. The number of aryl methyl sites for hydroxylation is 1. The number of aromatic nitrogens is 4. The van der Waals surface area contributed by atoms with Gasteiger partial charge in [-0.15, -0.1) is 0 Å². The summed E-state index contributed by atoms with van der Waals surface area (Å²) in [7, 11) is 3.89. The number of hydrogen-bond acceptors (Lipinski definition) is 4. The summed E-state index contributed by atoms with van der Waals surface area (Å²) in [5, 5.41) is 6.04. The average molecular weight is 288 g/mol. The lowest BCUT2D eigenvalue weighted by Crippen LogP contribution is -2.11. The number of benzene rings is 1. The molecular weight excluding hydrogens is 274 g/mol. The molecule has 20 heavy (non-hydrogen) atoms. The Balaban J connectivity index is 2.22. The highest BCUT2D eigenvalue weighted by molar-refractivity contribution is 6.31. The van der Waals surface area contributed by atoms with Gasteiger partial charge in [0, 0.05) is 19.1 Å². The van der Waals surface area contributed by atoms with Crippen LogP contribution in [0.5, 0.6) is 0 Å². The summed E-state index contributed by atoms with van der Waals surface area (Å²) >= 11 is 6.18. The zero-order valence-corrected chi connectivity index (χ0v) is 12.3. The van der Waals surface area contributed by atoms with Crippen molar-refractivity contribution in [3.05, 3.63) is 41.3 Å². The van der Waals surface area contributed by atoms with Gasteiger partial charge in [0.2, 0.25) is 0 Å². The Morgan fingerprint density at radius 2 is 2.00 bits per heavy atom. The van der Waals surface area contributed by atoms with Crippen molar-refractivity contribution in [3.8, 4) is 5.69 Å². The molecule has 0 unspecified atom stereocenters. The number of halogens is 1. The Kier molecular flexibility index (Phi) is 3.06. The van der Waals surface area contributed by atoms with Crippen LogP contribution in [0.3, 0.4) is 0 Å². The maximum Gasteiger partial charge on any atom is 0.168 e. The third-order valence-corrected chi connectivity index (χ3v) is 3.58. The fourth-order valence-electron chi connectivity index (χ4n) is 2.09. The van der Waals surface area contributed by atoms with Gasteiger partial charge in [-0.3, -0.25) is 0 Å². The molecule has 0 aliphatic carbocycles. The third kappa shape index (κ3) is 2.00. The number of nitrogens with zero attached hydrogens (tertiary/aromatic N) is 5. The van der Waals surface area contributed by atoms with Crippen LogP contribution in [0.4, 0.5) is 5.82 Å². The molecule has 0 N–H and O–H groups in total. The second-order valence-electron chi connectivity index (χ2n) is 4.82. The van der Waals surface area contributed by atoms with Gasteiger partial charge in [-0.2, -0.15) is 5.10 Å². The fraction of sp³-hybridized carbons (Fsp3) is 0.214. The van der Waals surface area contributed by atoms with Crippen molar-refractivity contribution in [1.82, 2.24) is 19.7 Å². The van der Waals surface area contributed by atoms with Gasteiger partial charge in [-0.25, -0.2) is 14.6 Å². The van der Waals surface area contributed by atoms with Gasteiger partial charge in [-0.05, 0) is 24.6 Å². The van der Waals surface area contributed by atoms with E-state index < -0.39 is 0 Å². The summed E-state index contributed by atoms with van der Waals surface area (Å²) in [5.41, 5.74) is 2.69. The van der Waals surface area contributed by atoms with E-state index in [1.807, 2.05) is 44.1 Å². The minimum atomic E-state index is 0.716. The van der Waals surface area contributed by atoms with Crippen LogP contribution in [0.15, 0.2) is 30.7 Å². The number of anilines is 1. The van der Waals surface area contributed by atoms with Crippen LogP contribution in [-0.2, 0) is 0 Å². The van der Waals surface area contributed by atoms with Crippen LogP contribution >= 0.6 is 11.6 Å². The standard InChI is InChI=1S/C14H14ClN5/c1-9-4-5-10(6-12(9)15)20-14-11(7-18-20)13(19(2)3)16-8-17-14/h4-8H,1-3H3. The molecule has 0 aliphatic rings. The lowest BCUT2D eigenvalue weighted by atomic mass is 10.2. The first-order valence-electron chi connectivity index (χ1n) is 6.20. The third-order valence-electron chi connectivity index (χ3n) is 3.17. The maximum atomic E-state index is 6.18. The number of rotatable bonds is 2. The van der Waals surface area contributed by atoms with E-state index in [1.165, 1.54) is 0 Å². The normalized spacial score (nSPS) is 11.0. The Bertz CT molecular complexity index is 778. The first-order chi connectivity index (χ1) is 9.58. The van der Waals surface area contributed by atoms with E-state index in [2.05, 4.69) is 15.1 Å². The summed E-state index contributed by atoms with van der Waals surface area (Å²) in [6.45, 7) is 1.97. The smallest absolute Gasteiger partial charge is 0.168 e. The van der Waals surface area contributed by atoms with E-state index in [0.717, 1.165) is 28.1 Å². The maximum absolute atomic E-state index is 6.18. The van der Waals surface area contributed by atoms with Crippen LogP contribution in [0.25, 0.3) is 16.7 Å². The summed E-state index contributed by atoms with van der Waals surface area (Å²) in [6.07, 6.45) is 3.32. The van der Waals surface area contributed by atoms with Crippen molar-refractivity contribution in [2.75, 3.05) is 19.0 Å². The van der Waals surface area contributed by atoms with Crippen LogP contribution < -0.4 is 4.90 Å². The van der Waals surface area contributed by atoms with Crippen molar-refractivity contribution in [1.29, 1.82) is 0 Å². The first kappa shape index (κ1) is 12.9. The molecule has 1 aromatic carbocycles. The Morgan fingerprint density at radius 3 is 2.70 bits per heavy atom. The van der Waals surface area contributed by atoms with E-state index in [0.29, 0.717) is 5.02 Å². The Hall–Kier alpha value is -2.14. The van der Waals surface area contributed by atoms with Gasteiger partial charge < -0.3 is 4.90 Å². The SMILES string of the molecule is Cc1ccc(-n2ncc3c(N(C)C)ncnc32)cc1Cl. The molecule has 0 saturated carbocycles. The molecule has 6 heteroatoms. The van der Waals surface area contributed by atoms with Gasteiger partial charge >= 0.3 is 0 Å². The Labute approximate surface area is 121 Å². The van der Waals surface area contributed by atoms with Crippen LogP contribution in [0.2, 0.25) is 5.02 Å². The molecule has 0 bridgehead atoms. The molecule has 2 heterocycles. The van der Waals surface area contributed by atoms with Crippen molar-refractivity contribution in [2.24, 2.45) is 0 Å². The summed E-state index contributed by atoms with van der Waals surface area (Å²) in [6, 6.07) is 5.84. The topological polar surface area (TPSA) is 46.8 Å². The monoisotopic (exact) mass is 287 g/mol. The van der Waals surface area contributed by atoms with Crippen molar-refractivity contribution in [2.45, 2.75) is 6.92 Å². The second-order valence-corrected chi connectivity index (χ2v) is 5.23. The van der Waals surface area contributed by atoms with E-state index in [-0.39, 0.29) is 0 Å². The summed E-state index contributed by atoms with van der Waals surface area (Å²) in [4.78, 5) is 10.6. The van der Waals surface area contributed by atoms with Crippen LogP contribution in [-0.4, -0.2) is 33.8 Å². The van der Waals surface area contributed by atoms with E-state index in [4.69, 9.17) is 11.6 Å². The highest BCUT2D eigenvalue weighted by Crippen LogP contribution is 2.25. The molecule has 2 aromatic heterocycles. The van der Waals surface area contributed by atoms with E-state index in [9.17, 15) is 0 Å². The number of fused-ring (bicyclic) bond motifs is 1. The average Bonchev–Trinajstić information content (AvgIpc) is 2.85. The van der Waals surface area contributed by atoms with Gasteiger partial charge in [0.15, 0.2) is 5.65 Å². The molecule has 0 radical (unpaired) electrons. The molecule has 0 saturated heterocycles. The Morgan fingerprint density at radius 1 is 1.20 bits per heavy atom. The fourth-order valence-corrected chi connectivity index (χ4v) is 2.27. The highest BCUT2D eigenvalue weighted by atomic mass is 35.5. The second kappa shape index (κ2) is 4.76. The molecule has 0 amide bonds. The van der Waals surface area contributed by atoms with Gasteiger partial charge in [0.25, 0.3) is 0 Å². The molecular formula is C14H14ClN5. The molecule has 0 atom stereocenters. The van der Waals surface area contributed by atoms with E-state index >= 15 is 0 Å². The van der Waals surface area contributed by atoms with Crippen LogP contribution in [0.1, 0.15) is 5.56 Å². The van der Waals surface area contributed by atoms with Gasteiger partial charge in [-0.1, -0.05) is 17.7 Å². The molecule has 5 nitrogen and oxygen atoms in total. The van der Waals surface area contributed by atoms with Gasteiger partial charge in [0.1, 0.15) is 12.1 Å². The predicted octanol–water partition coefficient (Wildman–Crippen LogP) is 2.84. The van der Waals surface area contributed by atoms with Gasteiger partial charge in [0.05, 0.1) is 17.3 Å². The molecule has 0 fully saturated rings. The minimum Gasteiger partial charge on any atom is -0.362 e. The highest BCUT2D eigenvalue weighted by Gasteiger charge is 2.12. The lowest BCUT2D eigenvalue weighted by Gasteiger charge is -2.11. The first-order valence-corrected chi connectivity index (χ1v) is 6.58. The van der Waals surface area contributed by atoms with Crippen LogP contribution in [0, 0.1) is 6.92 Å². The molecule has 102 valence electrons. The van der Waals surface area contributed by atoms with E-state index in [1.54, 1.807) is 17.2 Å². The van der Waals surface area contributed by atoms with Crippen molar-refractivity contribution < 1.29 is 0 Å². The largest absolute Gasteiger partial charge is 0.362 e. The minimum absolute atomic E-state index is 0.716. The number of hydrogen-bond donors (Lipinski definition) is 0. The molecule has 3 aromatic rings. The summed E-state index contributed by atoms with van der Waals surface area (Å²) in [5.74, 6) is 0.847. The molecule has 0 spiro atoms.